The topological polar surface area (TPSA) is 63.7 Å². The van der Waals surface area contributed by atoms with E-state index in [1.54, 1.807) is 12.1 Å². The molecule has 0 aliphatic carbocycles. The van der Waals surface area contributed by atoms with Gasteiger partial charge in [0.2, 0.25) is 0 Å². The summed E-state index contributed by atoms with van der Waals surface area (Å²) in [7, 11) is 3.01. The molecule has 28 heavy (non-hydrogen) atoms. The van der Waals surface area contributed by atoms with Gasteiger partial charge in [-0.1, -0.05) is 25.4 Å². The third-order valence-electron chi connectivity index (χ3n) is 4.80. The summed E-state index contributed by atoms with van der Waals surface area (Å²) in [5, 5.41) is 5.74. The Morgan fingerprint density at radius 2 is 2.00 bits per heavy atom. The zero-order valence-corrected chi connectivity index (χ0v) is 18.2. The third kappa shape index (κ3) is 4.96. The lowest BCUT2D eigenvalue weighted by atomic mass is 9.92. The van der Waals surface area contributed by atoms with Crippen LogP contribution in [0.5, 0.6) is 11.5 Å². The van der Waals surface area contributed by atoms with Crippen molar-refractivity contribution in [2.45, 2.75) is 26.8 Å². The molecule has 3 rings (SSSR count). The number of likely N-dealkylation sites (tertiary alicyclic amines) is 1. The smallest absolute Gasteiger partial charge is 0.257 e. The summed E-state index contributed by atoms with van der Waals surface area (Å²) in [5.74, 6) is 1.94. The average molecular weight is 424 g/mol. The maximum atomic E-state index is 12.6. The van der Waals surface area contributed by atoms with E-state index in [1.165, 1.54) is 32.0 Å². The minimum Gasteiger partial charge on any atom is -0.493 e. The maximum absolute atomic E-state index is 12.6. The van der Waals surface area contributed by atoms with Gasteiger partial charge in [0.1, 0.15) is 0 Å². The van der Waals surface area contributed by atoms with Crippen LogP contribution in [-0.4, -0.2) is 43.1 Å². The number of amides is 1. The first kappa shape index (κ1) is 20.9. The Balaban J connectivity index is 1.66. The van der Waals surface area contributed by atoms with Gasteiger partial charge in [0.05, 0.1) is 24.9 Å². The van der Waals surface area contributed by atoms with E-state index in [4.69, 9.17) is 21.1 Å². The number of carbonyl (C=O) groups excluding carboxylic acids is 1. The van der Waals surface area contributed by atoms with Gasteiger partial charge in [0.15, 0.2) is 16.6 Å². The first-order valence-electron chi connectivity index (χ1n) is 9.29. The molecule has 0 radical (unpaired) electrons. The van der Waals surface area contributed by atoms with Crippen molar-refractivity contribution in [3.8, 4) is 11.5 Å². The molecule has 1 N–H and O–H groups in total. The number of nitrogens with zero attached hydrogens (tertiary/aromatic N) is 2. The average Bonchev–Trinajstić information content (AvgIpc) is 3.06. The molecule has 152 valence electrons. The van der Waals surface area contributed by atoms with E-state index in [1.807, 2.05) is 5.38 Å². The van der Waals surface area contributed by atoms with Crippen LogP contribution in [0.4, 0.5) is 5.13 Å². The van der Waals surface area contributed by atoms with Crippen LogP contribution in [0.3, 0.4) is 0 Å². The Hall–Kier alpha value is -1.83. The molecule has 1 saturated heterocycles. The number of hydrogen-bond donors (Lipinski definition) is 1. The standard InChI is InChI=1S/C20H26ClN3O3S/c1-12-5-13(2)9-24(8-12)10-15-11-28-20(22-15)23-19(25)14-6-16(21)18(27-4)17(7-14)26-3/h6-7,11-13H,5,8-10H2,1-4H3,(H,22,23,25)/t12-,13+. The molecule has 1 fully saturated rings. The molecule has 1 amide bonds. The summed E-state index contributed by atoms with van der Waals surface area (Å²) < 4.78 is 10.5. The fraction of sp³-hybridized carbons (Fsp3) is 0.500. The van der Waals surface area contributed by atoms with Crippen LogP contribution in [-0.2, 0) is 6.54 Å². The number of thiazole rings is 1. The van der Waals surface area contributed by atoms with E-state index in [-0.39, 0.29) is 5.91 Å². The highest BCUT2D eigenvalue weighted by atomic mass is 35.5. The molecule has 2 heterocycles. The molecule has 0 spiro atoms. The van der Waals surface area contributed by atoms with Crippen LogP contribution in [0.15, 0.2) is 17.5 Å². The van der Waals surface area contributed by atoms with Gasteiger partial charge in [-0.25, -0.2) is 4.98 Å². The van der Waals surface area contributed by atoms with Gasteiger partial charge in [-0.3, -0.25) is 15.0 Å². The molecular formula is C20H26ClN3O3S. The largest absolute Gasteiger partial charge is 0.493 e. The molecule has 2 aromatic rings. The molecule has 2 atom stereocenters. The predicted molar refractivity (Wildman–Crippen MR) is 113 cm³/mol. The first-order valence-corrected chi connectivity index (χ1v) is 10.5. The van der Waals surface area contributed by atoms with Crippen molar-refractivity contribution in [3.05, 3.63) is 33.8 Å². The van der Waals surface area contributed by atoms with Gasteiger partial charge < -0.3 is 9.47 Å². The van der Waals surface area contributed by atoms with E-state index >= 15 is 0 Å². The highest BCUT2D eigenvalue weighted by Gasteiger charge is 2.22. The van der Waals surface area contributed by atoms with Crippen molar-refractivity contribution >= 4 is 34.0 Å². The van der Waals surface area contributed by atoms with Crippen LogP contribution >= 0.6 is 22.9 Å². The number of aromatic nitrogens is 1. The van der Waals surface area contributed by atoms with Crippen molar-refractivity contribution in [1.29, 1.82) is 0 Å². The van der Waals surface area contributed by atoms with Crippen molar-refractivity contribution < 1.29 is 14.3 Å². The van der Waals surface area contributed by atoms with Gasteiger partial charge in [0.25, 0.3) is 5.91 Å². The number of benzene rings is 1. The van der Waals surface area contributed by atoms with E-state index in [2.05, 4.69) is 29.0 Å². The number of rotatable bonds is 6. The molecule has 6 nitrogen and oxygen atoms in total. The second-order valence-electron chi connectivity index (χ2n) is 7.43. The number of methoxy groups -OCH3 is 2. The third-order valence-corrected chi connectivity index (χ3v) is 5.89. The van der Waals surface area contributed by atoms with Crippen molar-refractivity contribution in [1.82, 2.24) is 9.88 Å². The zero-order valence-electron chi connectivity index (χ0n) is 16.6. The highest BCUT2D eigenvalue weighted by molar-refractivity contribution is 7.14. The maximum Gasteiger partial charge on any atom is 0.257 e. The second-order valence-corrected chi connectivity index (χ2v) is 8.70. The van der Waals surface area contributed by atoms with E-state index < -0.39 is 0 Å². The van der Waals surface area contributed by atoms with Crippen molar-refractivity contribution in [2.24, 2.45) is 11.8 Å². The van der Waals surface area contributed by atoms with Crippen LogP contribution in [0, 0.1) is 11.8 Å². The van der Waals surface area contributed by atoms with Gasteiger partial charge in [0, 0.05) is 30.6 Å². The second kappa shape index (κ2) is 9.11. The summed E-state index contributed by atoms with van der Waals surface area (Å²) in [4.78, 5) is 19.6. The van der Waals surface area contributed by atoms with Crippen molar-refractivity contribution in [3.63, 3.8) is 0 Å². The fourth-order valence-corrected chi connectivity index (χ4v) is 4.79. The fourth-order valence-electron chi connectivity index (χ4n) is 3.81. The number of piperidine rings is 1. The van der Waals surface area contributed by atoms with Crippen molar-refractivity contribution in [2.75, 3.05) is 32.6 Å². The van der Waals surface area contributed by atoms with Gasteiger partial charge in [-0.2, -0.15) is 0 Å². The lowest BCUT2D eigenvalue weighted by Crippen LogP contribution is -2.38. The summed E-state index contributed by atoms with van der Waals surface area (Å²) in [5.41, 5.74) is 1.37. The number of anilines is 1. The molecule has 0 bridgehead atoms. The Morgan fingerprint density at radius 3 is 2.64 bits per heavy atom. The minimum absolute atomic E-state index is 0.288. The van der Waals surface area contributed by atoms with Gasteiger partial charge in [-0.05, 0) is 30.4 Å². The van der Waals surface area contributed by atoms with E-state index in [0.717, 1.165) is 25.3 Å². The number of ether oxygens (including phenoxy) is 2. The normalized spacial score (nSPS) is 20.0. The zero-order chi connectivity index (χ0) is 20.3. The summed E-state index contributed by atoms with van der Waals surface area (Å²) >= 11 is 7.62. The molecule has 1 aromatic carbocycles. The number of carbonyl (C=O) groups is 1. The Bertz CT molecular complexity index is 832. The molecule has 1 aliphatic heterocycles. The lowest BCUT2D eigenvalue weighted by molar-refractivity contribution is 0.102. The van der Waals surface area contributed by atoms with Gasteiger partial charge in [-0.15, -0.1) is 11.3 Å². The quantitative estimate of drug-likeness (QED) is 0.738. The predicted octanol–water partition coefficient (Wildman–Crippen LogP) is 4.54. The summed E-state index contributed by atoms with van der Waals surface area (Å²) in [6.45, 7) is 7.58. The Labute approximate surface area is 174 Å². The Kier molecular flexibility index (Phi) is 6.80. The Morgan fingerprint density at radius 1 is 1.29 bits per heavy atom. The summed E-state index contributed by atoms with van der Waals surface area (Å²) in [6, 6.07) is 3.16. The SMILES string of the molecule is COc1cc(C(=O)Nc2nc(CN3C[C@H](C)C[C@H](C)C3)cs2)cc(Cl)c1OC. The van der Waals surface area contributed by atoms with Crippen LogP contribution in [0.1, 0.15) is 36.3 Å². The highest BCUT2D eigenvalue weighted by Crippen LogP contribution is 2.36. The minimum atomic E-state index is -0.288. The number of nitrogens with one attached hydrogen (secondary N) is 1. The monoisotopic (exact) mass is 423 g/mol. The summed E-state index contributed by atoms with van der Waals surface area (Å²) in [6.07, 6.45) is 1.28. The van der Waals surface area contributed by atoms with Crippen LogP contribution < -0.4 is 14.8 Å². The lowest BCUT2D eigenvalue weighted by Gasteiger charge is -2.34. The molecule has 0 saturated carbocycles. The van der Waals surface area contributed by atoms with Crippen LogP contribution in [0.25, 0.3) is 0 Å². The molecule has 1 aromatic heterocycles. The molecule has 0 unspecified atom stereocenters. The molecule has 8 heteroatoms. The number of hydrogen-bond acceptors (Lipinski definition) is 6. The number of halogens is 1. The van der Waals surface area contributed by atoms with E-state index in [0.29, 0.717) is 39.1 Å². The van der Waals surface area contributed by atoms with Crippen LogP contribution in [0.2, 0.25) is 5.02 Å². The van der Waals surface area contributed by atoms with Gasteiger partial charge >= 0.3 is 0 Å². The van der Waals surface area contributed by atoms with E-state index in [9.17, 15) is 4.79 Å². The molecular weight excluding hydrogens is 398 g/mol. The molecule has 1 aliphatic rings. The first-order chi connectivity index (χ1) is 13.4.